The average molecular weight is 691 g/mol. The molecule has 48 heavy (non-hydrogen) atoms. The Balaban J connectivity index is 1.46. The van der Waals surface area contributed by atoms with Gasteiger partial charge in [0.25, 0.3) is 5.91 Å². The molecule has 1 aromatic heterocycles. The number of nitrogens with one attached hydrogen (secondary N) is 2. The first kappa shape index (κ1) is 34.6. The molecule has 1 saturated heterocycles. The number of aromatic nitrogens is 1. The van der Waals surface area contributed by atoms with Crippen molar-refractivity contribution in [3.8, 4) is 0 Å². The molecule has 3 N–H and O–H groups in total. The van der Waals surface area contributed by atoms with Crippen molar-refractivity contribution in [3.05, 3.63) is 94.8 Å². The van der Waals surface area contributed by atoms with Crippen LogP contribution in [0.3, 0.4) is 0 Å². The fraction of sp³-hybridized carbons (Fsp3) is 0.387. The molecule has 2 heterocycles. The van der Waals surface area contributed by atoms with E-state index < -0.39 is 74.6 Å². The molecule has 4 atom stereocenters. The molecule has 2 aliphatic rings. The number of benzene rings is 2. The monoisotopic (exact) mass is 690 g/mol. The third-order valence-corrected chi connectivity index (χ3v) is 11.0. The highest BCUT2D eigenvalue weighted by atomic mass is 32.2. The molecule has 2 unspecified atom stereocenters. The van der Waals surface area contributed by atoms with Gasteiger partial charge in [-0.25, -0.2) is 30.8 Å². The molecule has 0 radical (unpaired) electrons. The van der Waals surface area contributed by atoms with Gasteiger partial charge in [0, 0.05) is 42.7 Å². The summed E-state index contributed by atoms with van der Waals surface area (Å²) in [6.45, 7) is 1.44. The minimum absolute atomic E-state index is 0.0134. The summed E-state index contributed by atoms with van der Waals surface area (Å²) in [6, 6.07) is 4.09. The fourth-order valence-corrected chi connectivity index (χ4v) is 8.43. The van der Waals surface area contributed by atoms with Crippen molar-refractivity contribution >= 4 is 27.7 Å². The third kappa shape index (κ3) is 7.53. The van der Waals surface area contributed by atoms with E-state index in [0.29, 0.717) is 18.9 Å². The topological polar surface area (TPSA) is 170 Å². The molecule has 2 amide bonds. The highest BCUT2D eigenvalue weighted by molar-refractivity contribution is 7.90. The zero-order valence-corrected chi connectivity index (χ0v) is 26.4. The molecule has 1 aliphatic carbocycles. The molecular formula is C31H32F4N7O5S+. The number of hydrogen-bond donors (Lipinski definition) is 3. The summed E-state index contributed by atoms with van der Waals surface area (Å²) in [4.78, 5) is 33.6. The van der Waals surface area contributed by atoms with E-state index in [1.807, 2.05) is 0 Å². The molecule has 1 saturated carbocycles. The van der Waals surface area contributed by atoms with Gasteiger partial charge < -0.3 is 15.3 Å². The summed E-state index contributed by atoms with van der Waals surface area (Å²) in [7, 11) is -3.75. The van der Waals surface area contributed by atoms with Crippen molar-refractivity contribution in [2.24, 2.45) is 5.11 Å². The van der Waals surface area contributed by atoms with Gasteiger partial charge >= 0.3 is 6.09 Å². The van der Waals surface area contributed by atoms with E-state index in [-0.39, 0.29) is 48.3 Å². The number of piperazine rings is 1. The van der Waals surface area contributed by atoms with Crippen LogP contribution in [0.4, 0.5) is 28.0 Å². The maximum absolute atomic E-state index is 15.3. The molecule has 1 aliphatic heterocycles. The number of pyridine rings is 1. The standard InChI is InChI=1S/C31H31F4N7O5S/c1-17-15-41(31(44)45)16-23(42(17)48(46,47)24-7-8-24)6-9-25-26(35)13-37-14-27(25)38-30(43)29(39-40-36)28(18-2-4-20(32)5-3-18)19-10-21(33)12-22(34)11-19/h2-5,10-14,17,23-24,28-29,36H,6-9,15-16H2,1H3,(H-,38,43,44,45)/p+1/t17?,23?,28-,29-/m0/s1. The quantitative estimate of drug-likeness (QED) is 0.148. The van der Waals surface area contributed by atoms with Crippen LogP contribution >= 0.6 is 0 Å². The van der Waals surface area contributed by atoms with Crippen LogP contribution in [-0.4, -0.2) is 76.2 Å². The van der Waals surface area contributed by atoms with Gasteiger partial charge in [0.2, 0.25) is 21.0 Å². The lowest BCUT2D eigenvalue weighted by molar-refractivity contribution is -0.117. The smallest absolute Gasteiger partial charge is 0.407 e. The lowest BCUT2D eigenvalue weighted by atomic mass is 9.84. The van der Waals surface area contributed by atoms with Crippen LogP contribution in [-0.2, 0) is 21.2 Å². The van der Waals surface area contributed by atoms with E-state index in [2.05, 4.69) is 20.3 Å². The maximum Gasteiger partial charge on any atom is 0.407 e. The van der Waals surface area contributed by atoms with Crippen LogP contribution in [0.15, 0.2) is 60.0 Å². The van der Waals surface area contributed by atoms with Crippen molar-refractivity contribution < 1.29 is 40.7 Å². The second-order valence-electron chi connectivity index (χ2n) is 11.8. The Bertz CT molecular complexity index is 1840. The molecule has 12 nitrogen and oxygen atoms in total. The first-order valence-electron chi connectivity index (χ1n) is 15.0. The third-order valence-electron chi connectivity index (χ3n) is 8.45. The van der Waals surface area contributed by atoms with Crippen molar-refractivity contribution in [2.45, 2.75) is 61.9 Å². The first-order chi connectivity index (χ1) is 22.8. The number of carbonyl (C=O) groups is 2. The van der Waals surface area contributed by atoms with Gasteiger partial charge in [0.1, 0.15) is 33.9 Å². The summed E-state index contributed by atoms with van der Waals surface area (Å²) in [6.07, 6.45) is 1.65. The summed E-state index contributed by atoms with van der Waals surface area (Å²) in [5.41, 5.74) is 7.29. The Labute approximate surface area is 273 Å². The molecule has 2 fully saturated rings. The number of amides is 2. The van der Waals surface area contributed by atoms with Gasteiger partial charge in [-0.2, -0.15) is 4.31 Å². The number of anilines is 1. The van der Waals surface area contributed by atoms with E-state index in [1.54, 1.807) is 6.92 Å². The largest absolute Gasteiger partial charge is 0.465 e. The van der Waals surface area contributed by atoms with Gasteiger partial charge in [-0.3, -0.25) is 9.78 Å². The summed E-state index contributed by atoms with van der Waals surface area (Å²) in [5, 5.41) is 15.3. The zero-order chi connectivity index (χ0) is 34.7. The average Bonchev–Trinajstić information content (AvgIpc) is 3.87. The van der Waals surface area contributed by atoms with Crippen molar-refractivity contribution in [3.63, 3.8) is 0 Å². The maximum atomic E-state index is 15.3. The Morgan fingerprint density at radius 3 is 2.31 bits per heavy atom. The van der Waals surface area contributed by atoms with E-state index in [4.69, 9.17) is 5.53 Å². The van der Waals surface area contributed by atoms with Crippen LogP contribution in [0.5, 0.6) is 0 Å². The highest BCUT2D eigenvalue weighted by Crippen LogP contribution is 2.36. The number of halogens is 4. The highest BCUT2D eigenvalue weighted by Gasteiger charge is 2.48. The van der Waals surface area contributed by atoms with E-state index >= 15 is 4.39 Å². The number of carbonyl (C=O) groups excluding carboxylic acids is 1. The normalized spacial score (nSPS) is 19.6. The Kier molecular flexibility index (Phi) is 10.2. The van der Waals surface area contributed by atoms with Crippen molar-refractivity contribution in [1.82, 2.24) is 19.1 Å². The number of carboxylic acid groups (broad SMARTS) is 1. The fourth-order valence-electron chi connectivity index (χ4n) is 6.20. The Hall–Kier alpha value is -4.73. The van der Waals surface area contributed by atoms with Gasteiger partial charge in [-0.1, -0.05) is 12.1 Å². The second kappa shape index (κ2) is 14.2. The minimum Gasteiger partial charge on any atom is -0.465 e. The summed E-state index contributed by atoms with van der Waals surface area (Å²) < 4.78 is 85.8. The van der Waals surface area contributed by atoms with Gasteiger partial charge in [0.05, 0.1) is 23.3 Å². The Morgan fingerprint density at radius 1 is 1.04 bits per heavy atom. The number of hydrogen-bond acceptors (Lipinski definition) is 7. The van der Waals surface area contributed by atoms with Crippen LogP contribution in [0, 0.1) is 28.8 Å². The molecule has 254 valence electrons. The predicted octanol–water partition coefficient (Wildman–Crippen LogP) is 4.81. The summed E-state index contributed by atoms with van der Waals surface area (Å²) >= 11 is 0. The van der Waals surface area contributed by atoms with Gasteiger partial charge in [0.15, 0.2) is 0 Å². The molecular weight excluding hydrogens is 658 g/mol. The van der Waals surface area contributed by atoms with Crippen molar-refractivity contribution in [1.29, 1.82) is 5.53 Å². The van der Waals surface area contributed by atoms with E-state index in [1.165, 1.54) is 16.4 Å². The van der Waals surface area contributed by atoms with E-state index in [9.17, 15) is 36.3 Å². The van der Waals surface area contributed by atoms with Crippen LogP contribution < -0.4 is 10.2 Å². The number of nitrogens with zero attached hydrogens (tertiary/aromatic N) is 5. The molecule has 5 rings (SSSR count). The first-order valence-corrected chi connectivity index (χ1v) is 16.5. The second-order valence-corrected chi connectivity index (χ2v) is 14.0. The molecule has 2 aromatic carbocycles. The summed E-state index contributed by atoms with van der Waals surface area (Å²) in [5.74, 6) is -5.64. The molecule has 0 spiro atoms. The lowest BCUT2D eigenvalue weighted by Gasteiger charge is -2.44. The van der Waals surface area contributed by atoms with E-state index in [0.717, 1.165) is 41.6 Å². The molecule has 17 heteroatoms. The molecule has 3 aromatic rings. The number of sulfonamides is 1. The van der Waals surface area contributed by atoms with Gasteiger partial charge in [-0.15, -0.1) is 0 Å². The predicted molar refractivity (Wildman–Crippen MR) is 163 cm³/mol. The zero-order valence-electron chi connectivity index (χ0n) is 25.6. The van der Waals surface area contributed by atoms with Gasteiger partial charge in [-0.05, 0) is 68.0 Å². The van der Waals surface area contributed by atoms with Crippen LogP contribution in [0.25, 0.3) is 0 Å². The number of rotatable bonds is 11. The minimum atomic E-state index is -3.75. The van der Waals surface area contributed by atoms with Crippen LogP contribution in [0.2, 0.25) is 0 Å². The van der Waals surface area contributed by atoms with Crippen LogP contribution in [0.1, 0.15) is 48.8 Å². The van der Waals surface area contributed by atoms with Crippen molar-refractivity contribution in [2.75, 3.05) is 18.4 Å². The Morgan fingerprint density at radius 2 is 1.71 bits per heavy atom. The lowest BCUT2D eigenvalue weighted by Crippen LogP contribution is -2.61. The molecule has 0 bridgehead atoms. The SMILES string of the molecule is CC1CN(C(=O)O)CC(CCc2c(F)cncc2NC(=O)[C@@H](N=[N+]=N)[C@@H](c2ccc(F)cc2)c2cc(F)cc(F)c2)N1S(=O)(=O)C1CC1.